The second-order valence-electron chi connectivity index (χ2n) is 7.66. The first-order valence-electron chi connectivity index (χ1n) is 10.2. The van der Waals surface area contributed by atoms with E-state index in [1.54, 1.807) is 43.6 Å². The van der Waals surface area contributed by atoms with Crippen LogP contribution in [-0.4, -0.2) is 27.6 Å². The molecule has 0 radical (unpaired) electrons. The lowest BCUT2D eigenvalue weighted by Gasteiger charge is -2.17. The van der Waals surface area contributed by atoms with Gasteiger partial charge in [-0.05, 0) is 66.8 Å². The number of aryl methyl sites for hydroxylation is 2. The van der Waals surface area contributed by atoms with E-state index in [4.69, 9.17) is 0 Å². The quantitative estimate of drug-likeness (QED) is 0.416. The van der Waals surface area contributed by atoms with Crippen molar-refractivity contribution in [1.29, 1.82) is 0 Å². The van der Waals surface area contributed by atoms with Crippen molar-refractivity contribution in [2.45, 2.75) is 19.9 Å². The van der Waals surface area contributed by atoms with E-state index in [1.807, 2.05) is 31.2 Å². The summed E-state index contributed by atoms with van der Waals surface area (Å²) < 4.78 is 13.9. The molecule has 0 aliphatic heterocycles. The molecule has 2 aromatic heterocycles. The molecule has 0 saturated carbocycles. The highest BCUT2D eigenvalue weighted by molar-refractivity contribution is 5.99. The molecule has 0 bridgehead atoms. The average Bonchev–Trinajstić information content (AvgIpc) is 2.78. The van der Waals surface area contributed by atoms with E-state index in [2.05, 4.69) is 20.6 Å². The maximum atomic E-state index is 13.9. The van der Waals surface area contributed by atoms with Crippen molar-refractivity contribution in [2.24, 2.45) is 0 Å². The number of aliphatic hydroxyl groups is 1. The summed E-state index contributed by atoms with van der Waals surface area (Å²) in [4.78, 5) is 21.4. The predicted molar refractivity (Wildman–Crippen MR) is 122 cm³/mol. The summed E-state index contributed by atoms with van der Waals surface area (Å²) in [5.41, 5.74) is 3.20. The van der Waals surface area contributed by atoms with Crippen molar-refractivity contribution >= 4 is 28.2 Å². The molecule has 6 nitrogen and oxygen atoms in total. The summed E-state index contributed by atoms with van der Waals surface area (Å²) in [7, 11) is 0. The molecular weight excluding hydrogens is 407 g/mol. The van der Waals surface area contributed by atoms with Crippen LogP contribution in [0.25, 0.3) is 10.8 Å². The summed E-state index contributed by atoms with van der Waals surface area (Å²) in [5.74, 6) is -0.0927. The monoisotopic (exact) mass is 430 g/mol. The Kier molecular flexibility index (Phi) is 6.09. The molecule has 0 aliphatic rings. The van der Waals surface area contributed by atoms with Gasteiger partial charge in [-0.2, -0.15) is 0 Å². The van der Waals surface area contributed by atoms with Gasteiger partial charge in [-0.25, -0.2) is 9.37 Å². The number of nitrogens with zero attached hydrogens (tertiary/aromatic N) is 2. The fourth-order valence-electron chi connectivity index (χ4n) is 3.42. The molecule has 2 aromatic carbocycles. The Balaban J connectivity index is 1.56. The fourth-order valence-corrected chi connectivity index (χ4v) is 3.42. The number of aromatic nitrogens is 2. The molecule has 0 unspecified atom stereocenters. The van der Waals surface area contributed by atoms with Crippen molar-refractivity contribution < 1.29 is 14.3 Å². The number of amides is 1. The number of fused-ring (bicyclic) bond motifs is 1. The average molecular weight is 430 g/mol. The lowest BCUT2D eigenvalue weighted by atomic mass is 10.0. The van der Waals surface area contributed by atoms with Crippen molar-refractivity contribution in [3.63, 3.8) is 0 Å². The van der Waals surface area contributed by atoms with Crippen LogP contribution in [-0.2, 0) is 0 Å². The molecule has 3 N–H and O–H groups in total. The molecule has 0 saturated heterocycles. The minimum Gasteiger partial charge on any atom is -0.394 e. The van der Waals surface area contributed by atoms with Gasteiger partial charge in [0.1, 0.15) is 11.6 Å². The maximum Gasteiger partial charge on any atom is 0.251 e. The molecule has 1 amide bonds. The van der Waals surface area contributed by atoms with E-state index in [1.165, 1.54) is 6.07 Å². The van der Waals surface area contributed by atoms with E-state index >= 15 is 0 Å². The number of benzene rings is 2. The van der Waals surface area contributed by atoms with Crippen LogP contribution in [0.1, 0.15) is 33.2 Å². The van der Waals surface area contributed by atoms with Gasteiger partial charge in [-0.1, -0.05) is 18.2 Å². The van der Waals surface area contributed by atoms with E-state index in [-0.39, 0.29) is 18.3 Å². The molecule has 7 heteroatoms. The van der Waals surface area contributed by atoms with E-state index in [0.29, 0.717) is 22.5 Å². The van der Waals surface area contributed by atoms with E-state index in [0.717, 1.165) is 22.2 Å². The van der Waals surface area contributed by atoms with Gasteiger partial charge in [-0.15, -0.1) is 0 Å². The third-order valence-electron chi connectivity index (χ3n) is 5.24. The zero-order chi connectivity index (χ0) is 22.7. The SMILES string of the molecule is Cc1cc(Nc2cc3cc(C(=O)N[C@H](CO)c4ccc(C)c(F)c4)ccc3cn2)ccn1. The highest BCUT2D eigenvalue weighted by atomic mass is 19.1. The van der Waals surface area contributed by atoms with Crippen molar-refractivity contribution in [2.75, 3.05) is 11.9 Å². The van der Waals surface area contributed by atoms with Crippen LogP contribution >= 0.6 is 0 Å². The van der Waals surface area contributed by atoms with Crippen LogP contribution in [0.3, 0.4) is 0 Å². The number of hydrogen-bond acceptors (Lipinski definition) is 5. The number of nitrogens with one attached hydrogen (secondary N) is 2. The Hall–Kier alpha value is -3.84. The molecular formula is C25H23FN4O2. The minimum atomic E-state index is -0.710. The summed E-state index contributed by atoms with van der Waals surface area (Å²) >= 11 is 0. The lowest BCUT2D eigenvalue weighted by molar-refractivity contribution is 0.0916. The van der Waals surface area contributed by atoms with Gasteiger partial charge in [0.15, 0.2) is 0 Å². The Labute approximate surface area is 185 Å². The Morgan fingerprint density at radius 1 is 1.03 bits per heavy atom. The number of anilines is 2. The van der Waals surface area contributed by atoms with Crippen LogP contribution in [0.2, 0.25) is 0 Å². The van der Waals surface area contributed by atoms with Crippen molar-refractivity contribution in [3.8, 4) is 0 Å². The van der Waals surface area contributed by atoms with Gasteiger partial charge in [-0.3, -0.25) is 9.78 Å². The standard InChI is InChI=1S/C25H23FN4O2/c1-15-3-4-17(11-22(15)26)23(14-31)30-25(32)18-5-6-19-13-28-24(12-20(19)10-18)29-21-7-8-27-16(2)9-21/h3-13,23,31H,14H2,1-2H3,(H,30,32)(H,27,28,29)/t23-/m1/s1. The van der Waals surface area contributed by atoms with Crippen LogP contribution < -0.4 is 10.6 Å². The molecule has 0 spiro atoms. The second kappa shape index (κ2) is 9.11. The van der Waals surface area contributed by atoms with Crippen LogP contribution in [0.5, 0.6) is 0 Å². The molecule has 2 heterocycles. The van der Waals surface area contributed by atoms with Gasteiger partial charge in [0.2, 0.25) is 0 Å². The smallest absolute Gasteiger partial charge is 0.251 e. The van der Waals surface area contributed by atoms with Crippen molar-refractivity contribution in [3.05, 3.63) is 95.2 Å². The minimum absolute atomic E-state index is 0.342. The zero-order valence-corrected chi connectivity index (χ0v) is 17.8. The Morgan fingerprint density at radius 2 is 1.88 bits per heavy atom. The van der Waals surface area contributed by atoms with Gasteiger partial charge in [0, 0.05) is 34.7 Å². The molecule has 0 aliphatic carbocycles. The zero-order valence-electron chi connectivity index (χ0n) is 17.8. The van der Waals surface area contributed by atoms with E-state index < -0.39 is 6.04 Å². The van der Waals surface area contributed by atoms with Crippen LogP contribution in [0.15, 0.2) is 67.0 Å². The maximum absolute atomic E-state index is 13.9. The third kappa shape index (κ3) is 4.73. The predicted octanol–water partition coefficient (Wildman–Crippen LogP) is 4.59. The van der Waals surface area contributed by atoms with Crippen LogP contribution in [0, 0.1) is 19.7 Å². The van der Waals surface area contributed by atoms with Gasteiger partial charge >= 0.3 is 0 Å². The third-order valence-corrected chi connectivity index (χ3v) is 5.24. The summed E-state index contributed by atoms with van der Waals surface area (Å²) in [5, 5.41) is 17.5. The fraction of sp³-hybridized carbons (Fsp3) is 0.160. The summed E-state index contributed by atoms with van der Waals surface area (Å²) in [6.07, 6.45) is 3.46. The van der Waals surface area contributed by atoms with Crippen molar-refractivity contribution in [1.82, 2.24) is 15.3 Å². The van der Waals surface area contributed by atoms with Gasteiger partial charge in [0.25, 0.3) is 5.91 Å². The number of hydrogen-bond donors (Lipinski definition) is 3. The highest BCUT2D eigenvalue weighted by Gasteiger charge is 2.16. The topological polar surface area (TPSA) is 87.1 Å². The largest absolute Gasteiger partial charge is 0.394 e. The molecule has 162 valence electrons. The normalized spacial score (nSPS) is 11.9. The molecule has 32 heavy (non-hydrogen) atoms. The second-order valence-corrected chi connectivity index (χ2v) is 7.66. The number of halogens is 1. The van der Waals surface area contributed by atoms with Gasteiger partial charge < -0.3 is 15.7 Å². The Bertz CT molecular complexity index is 1290. The number of carbonyl (C=O) groups excluding carboxylic acids is 1. The van der Waals surface area contributed by atoms with Crippen LogP contribution in [0.4, 0.5) is 15.9 Å². The first kappa shape index (κ1) is 21.4. The lowest BCUT2D eigenvalue weighted by Crippen LogP contribution is -2.30. The first-order chi connectivity index (χ1) is 15.4. The molecule has 4 aromatic rings. The molecule has 4 rings (SSSR count). The first-order valence-corrected chi connectivity index (χ1v) is 10.2. The molecule has 0 fully saturated rings. The molecule has 1 atom stereocenters. The summed E-state index contributed by atoms with van der Waals surface area (Å²) in [6.45, 7) is 3.23. The number of pyridine rings is 2. The van der Waals surface area contributed by atoms with E-state index in [9.17, 15) is 14.3 Å². The number of carbonyl (C=O) groups is 1. The van der Waals surface area contributed by atoms with Gasteiger partial charge in [0.05, 0.1) is 12.6 Å². The highest BCUT2D eigenvalue weighted by Crippen LogP contribution is 2.22. The number of rotatable bonds is 6. The number of aliphatic hydroxyl groups excluding tert-OH is 1. The summed E-state index contributed by atoms with van der Waals surface area (Å²) in [6, 6.07) is 14.9. The Morgan fingerprint density at radius 3 is 2.62 bits per heavy atom.